The molecule has 2 heterocycles. The molecular weight excluding hydrogens is 416 g/mol. The second-order valence-corrected chi connectivity index (χ2v) is 6.89. The zero-order valence-electron chi connectivity index (χ0n) is 16.2. The van der Waals surface area contributed by atoms with E-state index in [0.29, 0.717) is 11.3 Å². The molecular formula is C21H16F4N4O2. The second-order valence-electron chi connectivity index (χ2n) is 6.89. The number of aromatic nitrogens is 4. The van der Waals surface area contributed by atoms with Gasteiger partial charge in [0.25, 0.3) is 5.56 Å². The Morgan fingerprint density at radius 2 is 1.74 bits per heavy atom. The molecule has 0 N–H and O–H groups in total. The molecule has 0 atom stereocenters. The summed E-state index contributed by atoms with van der Waals surface area (Å²) in [4.78, 5) is 30.0. The van der Waals surface area contributed by atoms with E-state index in [0.717, 1.165) is 16.7 Å². The number of imidazole rings is 1. The molecule has 0 radical (unpaired) electrons. The highest BCUT2D eigenvalue weighted by Gasteiger charge is 2.30. The van der Waals surface area contributed by atoms with Crippen molar-refractivity contribution in [3.8, 4) is 5.69 Å². The van der Waals surface area contributed by atoms with Crippen molar-refractivity contribution in [1.29, 1.82) is 0 Å². The first-order valence-corrected chi connectivity index (χ1v) is 9.33. The van der Waals surface area contributed by atoms with E-state index in [1.54, 1.807) is 6.92 Å². The van der Waals surface area contributed by atoms with Gasteiger partial charge in [-0.1, -0.05) is 12.1 Å². The van der Waals surface area contributed by atoms with Crippen LogP contribution in [-0.4, -0.2) is 18.7 Å². The molecule has 31 heavy (non-hydrogen) atoms. The first-order valence-electron chi connectivity index (χ1n) is 9.33. The van der Waals surface area contributed by atoms with Crippen molar-refractivity contribution in [3.63, 3.8) is 0 Å². The summed E-state index contributed by atoms with van der Waals surface area (Å²) in [6.45, 7) is 1.64. The van der Waals surface area contributed by atoms with Crippen LogP contribution in [0.4, 0.5) is 17.6 Å². The lowest BCUT2D eigenvalue weighted by molar-refractivity contribution is -0.137. The van der Waals surface area contributed by atoms with E-state index < -0.39 is 28.8 Å². The Labute approximate surface area is 172 Å². The Morgan fingerprint density at radius 3 is 2.39 bits per heavy atom. The minimum Gasteiger partial charge on any atom is -0.320 e. The van der Waals surface area contributed by atoms with E-state index in [1.807, 2.05) is 0 Å². The molecule has 6 nitrogen and oxygen atoms in total. The largest absolute Gasteiger partial charge is 0.416 e. The lowest BCUT2D eigenvalue weighted by atomic mass is 10.1. The van der Waals surface area contributed by atoms with Crippen molar-refractivity contribution in [1.82, 2.24) is 18.7 Å². The summed E-state index contributed by atoms with van der Waals surface area (Å²) >= 11 is 0. The highest BCUT2D eigenvalue weighted by molar-refractivity contribution is 5.72. The minimum atomic E-state index is -4.50. The number of hydrogen-bond donors (Lipinski definition) is 0. The molecule has 160 valence electrons. The molecule has 4 aromatic rings. The minimum absolute atomic E-state index is 0.0401. The van der Waals surface area contributed by atoms with E-state index in [2.05, 4.69) is 4.98 Å². The molecule has 0 unspecified atom stereocenters. The highest BCUT2D eigenvalue weighted by atomic mass is 19.4. The van der Waals surface area contributed by atoms with Crippen LogP contribution in [0.25, 0.3) is 16.9 Å². The van der Waals surface area contributed by atoms with Crippen molar-refractivity contribution in [3.05, 3.63) is 92.6 Å². The van der Waals surface area contributed by atoms with Crippen LogP contribution in [0.15, 0.2) is 64.4 Å². The van der Waals surface area contributed by atoms with Crippen molar-refractivity contribution >= 4 is 11.2 Å². The molecule has 0 saturated heterocycles. The normalized spacial score (nSPS) is 11.9. The maximum absolute atomic E-state index is 13.3. The fourth-order valence-corrected chi connectivity index (χ4v) is 3.44. The molecule has 0 spiro atoms. The van der Waals surface area contributed by atoms with Crippen LogP contribution in [-0.2, 0) is 19.3 Å². The number of rotatable bonds is 4. The predicted molar refractivity (Wildman–Crippen MR) is 106 cm³/mol. The molecule has 0 aliphatic heterocycles. The Hall–Kier alpha value is -3.69. The van der Waals surface area contributed by atoms with Gasteiger partial charge in [0, 0.05) is 13.1 Å². The van der Waals surface area contributed by atoms with Crippen molar-refractivity contribution in [2.45, 2.75) is 26.2 Å². The van der Waals surface area contributed by atoms with Gasteiger partial charge in [-0.05, 0) is 48.9 Å². The van der Waals surface area contributed by atoms with Crippen LogP contribution < -0.4 is 11.2 Å². The van der Waals surface area contributed by atoms with Crippen LogP contribution in [0.3, 0.4) is 0 Å². The third-order valence-electron chi connectivity index (χ3n) is 4.91. The van der Waals surface area contributed by atoms with E-state index in [9.17, 15) is 27.2 Å². The van der Waals surface area contributed by atoms with Gasteiger partial charge in [0.2, 0.25) is 0 Å². The lowest BCUT2D eigenvalue weighted by Crippen LogP contribution is -2.39. The summed E-state index contributed by atoms with van der Waals surface area (Å²) in [5.41, 5.74) is -1.33. The van der Waals surface area contributed by atoms with Gasteiger partial charge < -0.3 is 4.57 Å². The molecule has 0 saturated carbocycles. The van der Waals surface area contributed by atoms with E-state index in [-0.39, 0.29) is 24.3 Å². The first kappa shape index (κ1) is 20.6. The van der Waals surface area contributed by atoms with Crippen molar-refractivity contribution in [2.75, 3.05) is 0 Å². The Balaban J connectivity index is 1.92. The standard InChI is InChI=1S/C21H16F4N4O2/c1-2-28-19(30)17-18(29(20(28)31)16-8-6-15(22)7-9-16)26-12-27(17)11-13-4-3-5-14(10-13)21(23,24)25/h3-10,12H,2,11H2,1H3. The summed E-state index contributed by atoms with van der Waals surface area (Å²) < 4.78 is 56.0. The number of benzene rings is 2. The van der Waals surface area contributed by atoms with Gasteiger partial charge in [-0.25, -0.2) is 18.7 Å². The second kappa shape index (κ2) is 7.53. The predicted octanol–water partition coefficient (Wildman–Crippen LogP) is 3.58. The van der Waals surface area contributed by atoms with Crippen LogP contribution >= 0.6 is 0 Å². The molecule has 0 amide bonds. The van der Waals surface area contributed by atoms with Crippen LogP contribution in [0.2, 0.25) is 0 Å². The summed E-state index contributed by atoms with van der Waals surface area (Å²) in [5.74, 6) is -0.494. The molecule has 0 bridgehead atoms. The monoisotopic (exact) mass is 432 g/mol. The van der Waals surface area contributed by atoms with Gasteiger partial charge in [-0.3, -0.25) is 9.36 Å². The maximum atomic E-state index is 13.3. The topological polar surface area (TPSA) is 61.8 Å². The van der Waals surface area contributed by atoms with E-state index in [4.69, 9.17) is 0 Å². The third kappa shape index (κ3) is 3.65. The average molecular weight is 432 g/mol. The molecule has 2 aromatic carbocycles. The van der Waals surface area contributed by atoms with E-state index >= 15 is 0 Å². The third-order valence-corrected chi connectivity index (χ3v) is 4.91. The fourth-order valence-electron chi connectivity index (χ4n) is 3.44. The number of alkyl halides is 3. The van der Waals surface area contributed by atoms with Gasteiger partial charge >= 0.3 is 11.9 Å². The number of halogens is 4. The maximum Gasteiger partial charge on any atom is 0.416 e. The van der Waals surface area contributed by atoms with E-state index in [1.165, 1.54) is 51.9 Å². The average Bonchev–Trinajstić information content (AvgIpc) is 3.13. The van der Waals surface area contributed by atoms with Crippen LogP contribution in [0, 0.1) is 5.82 Å². The first-order chi connectivity index (χ1) is 14.7. The van der Waals surface area contributed by atoms with Gasteiger partial charge in [-0.15, -0.1) is 0 Å². The molecule has 4 rings (SSSR count). The van der Waals surface area contributed by atoms with Gasteiger partial charge in [-0.2, -0.15) is 13.2 Å². The molecule has 0 fully saturated rings. The Kier molecular flexibility index (Phi) is 5.00. The lowest BCUT2D eigenvalue weighted by Gasteiger charge is -2.12. The fraction of sp³-hybridized carbons (Fsp3) is 0.190. The zero-order valence-corrected chi connectivity index (χ0v) is 16.2. The summed E-state index contributed by atoms with van der Waals surface area (Å²) in [6.07, 6.45) is -3.20. The molecule has 0 aliphatic carbocycles. The summed E-state index contributed by atoms with van der Waals surface area (Å²) in [5, 5.41) is 0. The molecule has 2 aromatic heterocycles. The van der Waals surface area contributed by atoms with Crippen LogP contribution in [0.5, 0.6) is 0 Å². The quantitative estimate of drug-likeness (QED) is 0.463. The SMILES string of the molecule is CCn1c(=O)c2c(ncn2Cc2cccc(C(F)(F)F)c2)n(-c2ccc(F)cc2)c1=O. The summed E-state index contributed by atoms with van der Waals surface area (Å²) in [7, 11) is 0. The highest BCUT2D eigenvalue weighted by Crippen LogP contribution is 2.29. The molecule has 10 heteroatoms. The molecule has 0 aliphatic rings. The number of nitrogens with zero attached hydrogens (tertiary/aromatic N) is 4. The van der Waals surface area contributed by atoms with Crippen molar-refractivity contribution < 1.29 is 17.6 Å². The zero-order chi connectivity index (χ0) is 22.3. The number of fused-ring (bicyclic) bond motifs is 1. The smallest absolute Gasteiger partial charge is 0.320 e. The van der Waals surface area contributed by atoms with Gasteiger partial charge in [0.15, 0.2) is 11.2 Å². The Morgan fingerprint density at radius 1 is 1.03 bits per heavy atom. The van der Waals surface area contributed by atoms with Crippen LogP contribution in [0.1, 0.15) is 18.1 Å². The summed E-state index contributed by atoms with van der Waals surface area (Å²) in [6, 6.07) is 9.87. The van der Waals surface area contributed by atoms with Gasteiger partial charge in [0.05, 0.1) is 17.6 Å². The number of hydrogen-bond acceptors (Lipinski definition) is 3. The Bertz CT molecular complexity index is 1380. The van der Waals surface area contributed by atoms with Crippen molar-refractivity contribution in [2.24, 2.45) is 0 Å². The van der Waals surface area contributed by atoms with Gasteiger partial charge in [0.1, 0.15) is 5.82 Å².